The summed E-state index contributed by atoms with van der Waals surface area (Å²) in [5, 5.41) is 26.1. The monoisotopic (exact) mass is 558 g/mol. The predicted octanol–water partition coefficient (Wildman–Crippen LogP) is 1.98. The highest BCUT2D eigenvalue weighted by atomic mass is 16.4. The van der Waals surface area contributed by atoms with Gasteiger partial charge < -0.3 is 35.4 Å². The number of aromatic carboxylic acids is 1. The highest BCUT2D eigenvalue weighted by molar-refractivity contribution is 6.09. The highest BCUT2D eigenvalue weighted by Gasteiger charge is 2.24. The summed E-state index contributed by atoms with van der Waals surface area (Å²) < 4.78 is 8.25. The quantitative estimate of drug-likeness (QED) is 0.152. The molecule has 0 aromatic heterocycles. The fourth-order valence-corrected chi connectivity index (χ4v) is 4.78. The number of anilines is 1. The van der Waals surface area contributed by atoms with E-state index in [0.29, 0.717) is 52.8 Å². The minimum atomic E-state index is -1.47. The number of nitrogens with one attached hydrogen (secondary N) is 1. The number of nitrogens with two attached hydrogens (primary N) is 1. The Morgan fingerprint density at radius 2 is 1.76 bits per heavy atom. The van der Waals surface area contributed by atoms with Gasteiger partial charge in [0.2, 0.25) is 5.36 Å². The second-order valence-corrected chi connectivity index (χ2v) is 10.3. The fourth-order valence-electron chi connectivity index (χ4n) is 4.78. The van der Waals surface area contributed by atoms with Crippen LogP contribution in [0, 0.1) is 0 Å². The first-order chi connectivity index (χ1) is 19.5. The van der Waals surface area contributed by atoms with Gasteiger partial charge in [-0.15, -0.1) is 0 Å². The van der Waals surface area contributed by atoms with Crippen molar-refractivity contribution in [3.05, 3.63) is 71.1 Å². The van der Waals surface area contributed by atoms with Crippen LogP contribution in [0.15, 0.2) is 59.0 Å². The third kappa shape index (κ3) is 6.22. The first kappa shape index (κ1) is 29.3. The summed E-state index contributed by atoms with van der Waals surface area (Å²) in [7, 11) is 7.66. The number of unbranched alkanes of at least 4 members (excludes halogenated alkanes) is 1. The second-order valence-electron chi connectivity index (χ2n) is 10.3. The molecule has 0 saturated carbocycles. The molecule has 1 unspecified atom stereocenters. The number of aliphatic carboxylic acids is 1. The standard InChI is InChI=1S/C31H34N4O6/c1-34(2)19-9-12-22-26(16-19)41-27-17-20(35(3)4)10-13-23(27)28(22)21-11-8-18(15-24(21)30(37)38)29(36)33-25(31(39)40)7-5-6-14-32/h8-13,15-17,25H,5-7,14,32H2,1-4H3,(H2-,33,36,37,38,39,40). The Labute approximate surface area is 237 Å². The van der Waals surface area contributed by atoms with E-state index in [1.807, 2.05) is 74.1 Å². The molecule has 0 radical (unpaired) electrons. The Morgan fingerprint density at radius 3 is 2.39 bits per heavy atom. The Bertz CT molecular complexity index is 1670. The van der Waals surface area contributed by atoms with Crippen LogP contribution in [-0.4, -0.2) is 63.7 Å². The number of fused-ring (bicyclic) bond motifs is 2. The second kappa shape index (κ2) is 12.2. The maximum atomic E-state index is 13.0. The van der Waals surface area contributed by atoms with E-state index in [4.69, 9.17) is 10.2 Å². The van der Waals surface area contributed by atoms with E-state index in [2.05, 4.69) is 5.32 Å². The molecule has 0 spiro atoms. The zero-order chi connectivity index (χ0) is 29.8. The molecule has 0 bridgehead atoms. The van der Waals surface area contributed by atoms with Crippen molar-refractivity contribution >= 4 is 34.5 Å². The average molecular weight is 559 g/mol. The highest BCUT2D eigenvalue weighted by Crippen LogP contribution is 2.42. The molecular weight excluding hydrogens is 524 g/mol. The number of carbonyl (C=O) groups excluding carboxylic acids is 2. The normalized spacial score (nSPS) is 11.8. The summed E-state index contributed by atoms with van der Waals surface area (Å²) in [5.74, 6) is -2.78. The molecule has 0 saturated heterocycles. The zero-order valence-corrected chi connectivity index (χ0v) is 23.6. The zero-order valence-electron chi connectivity index (χ0n) is 23.6. The van der Waals surface area contributed by atoms with Gasteiger partial charge in [-0.1, -0.05) is 6.07 Å². The Balaban J connectivity index is 1.89. The number of nitrogens with zero attached hydrogens (tertiary/aromatic N) is 2. The smallest absolute Gasteiger partial charge is 0.326 e. The van der Waals surface area contributed by atoms with E-state index in [1.165, 1.54) is 12.1 Å². The predicted molar refractivity (Wildman–Crippen MR) is 156 cm³/mol. The van der Waals surface area contributed by atoms with E-state index in [0.717, 1.165) is 11.0 Å². The number of carboxylic acids is 2. The van der Waals surface area contributed by atoms with Crippen LogP contribution in [0.1, 0.15) is 40.0 Å². The van der Waals surface area contributed by atoms with Gasteiger partial charge in [-0.25, -0.2) is 9.37 Å². The lowest BCUT2D eigenvalue weighted by atomic mass is 9.89. The van der Waals surface area contributed by atoms with Gasteiger partial charge in [0.15, 0.2) is 0 Å². The van der Waals surface area contributed by atoms with Crippen molar-refractivity contribution in [2.24, 2.45) is 5.73 Å². The van der Waals surface area contributed by atoms with Crippen LogP contribution in [0.25, 0.3) is 33.4 Å². The largest absolute Gasteiger partial charge is 0.545 e. The van der Waals surface area contributed by atoms with Crippen LogP contribution in [0.4, 0.5) is 5.69 Å². The number of carbonyl (C=O) groups is 3. The summed E-state index contributed by atoms with van der Waals surface area (Å²) in [6.45, 7) is 0.416. The minimum Gasteiger partial charge on any atom is -0.545 e. The number of amides is 1. The van der Waals surface area contributed by atoms with Crippen LogP contribution in [0.3, 0.4) is 0 Å². The van der Waals surface area contributed by atoms with E-state index >= 15 is 0 Å². The molecule has 4 N–H and O–H groups in total. The van der Waals surface area contributed by atoms with Crippen LogP contribution in [0.2, 0.25) is 0 Å². The molecule has 10 nitrogen and oxygen atoms in total. The summed E-state index contributed by atoms with van der Waals surface area (Å²) in [6, 6.07) is 14.5. The van der Waals surface area contributed by atoms with E-state index in [1.54, 1.807) is 6.07 Å². The maximum Gasteiger partial charge on any atom is 0.326 e. The van der Waals surface area contributed by atoms with Gasteiger partial charge in [-0.3, -0.25) is 4.79 Å². The fraction of sp³-hybridized carbons (Fsp3) is 0.290. The molecule has 2 aromatic carbocycles. The Kier molecular flexibility index (Phi) is 8.73. The molecule has 1 aliphatic heterocycles. The molecular formula is C31H34N4O6. The number of carboxylic acid groups (broad SMARTS) is 2. The van der Waals surface area contributed by atoms with Gasteiger partial charge in [-0.05, 0) is 61.7 Å². The molecule has 1 atom stereocenters. The molecule has 2 aromatic rings. The van der Waals surface area contributed by atoms with Crippen molar-refractivity contribution in [2.75, 3.05) is 39.6 Å². The third-order valence-electron chi connectivity index (χ3n) is 7.04. The molecule has 214 valence electrons. The number of rotatable bonds is 10. The Morgan fingerprint density at radius 1 is 1.02 bits per heavy atom. The van der Waals surface area contributed by atoms with Gasteiger partial charge in [0.1, 0.15) is 31.5 Å². The lowest BCUT2D eigenvalue weighted by Gasteiger charge is -2.20. The van der Waals surface area contributed by atoms with E-state index < -0.39 is 23.9 Å². The summed E-state index contributed by atoms with van der Waals surface area (Å²) in [4.78, 5) is 39.1. The number of hydrogen-bond donors (Lipinski definition) is 3. The minimum absolute atomic E-state index is 0.0112. The van der Waals surface area contributed by atoms with E-state index in [-0.39, 0.29) is 17.5 Å². The van der Waals surface area contributed by atoms with Crippen LogP contribution in [0.5, 0.6) is 0 Å². The summed E-state index contributed by atoms with van der Waals surface area (Å²) in [6.07, 6.45) is 1.36. The lowest BCUT2D eigenvalue weighted by molar-refractivity contribution is -0.254. The van der Waals surface area contributed by atoms with Gasteiger partial charge in [-0.2, -0.15) is 0 Å². The number of benzene rings is 3. The van der Waals surface area contributed by atoms with Crippen molar-refractivity contribution < 1.29 is 29.0 Å². The SMILES string of the molecule is CN(C)c1ccc2c(-c3ccc(C(=O)NC(CCCCN)C(=O)O)cc3C(=O)[O-])c3ccc(=[N+](C)C)cc-3oc2c1. The molecule has 2 aliphatic rings. The van der Waals surface area contributed by atoms with Crippen molar-refractivity contribution in [1.82, 2.24) is 9.89 Å². The van der Waals surface area contributed by atoms with Crippen molar-refractivity contribution in [3.63, 3.8) is 0 Å². The molecule has 4 rings (SSSR count). The van der Waals surface area contributed by atoms with Crippen molar-refractivity contribution in [2.45, 2.75) is 25.3 Å². The van der Waals surface area contributed by atoms with Gasteiger partial charge in [0.25, 0.3) is 5.91 Å². The summed E-state index contributed by atoms with van der Waals surface area (Å²) >= 11 is 0. The van der Waals surface area contributed by atoms with Crippen LogP contribution in [-0.2, 0) is 4.79 Å². The van der Waals surface area contributed by atoms with Gasteiger partial charge in [0.05, 0.1) is 12.0 Å². The maximum absolute atomic E-state index is 13.0. The van der Waals surface area contributed by atoms with Gasteiger partial charge >= 0.3 is 5.97 Å². The Hall–Kier alpha value is -4.70. The molecule has 10 heteroatoms. The summed E-state index contributed by atoms with van der Waals surface area (Å²) in [5.41, 5.74) is 8.42. The molecule has 1 heterocycles. The molecule has 0 fully saturated rings. The molecule has 1 amide bonds. The van der Waals surface area contributed by atoms with Gasteiger partial charge in [0, 0.05) is 59.6 Å². The van der Waals surface area contributed by atoms with Crippen LogP contribution >= 0.6 is 0 Å². The lowest BCUT2D eigenvalue weighted by Crippen LogP contribution is -2.41. The molecule has 41 heavy (non-hydrogen) atoms. The van der Waals surface area contributed by atoms with Crippen molar-refractivity contribution in [3.8, 4) is 22.5 Å². The van der Waals surface area contributed by atoms with Crippen LogP contribution < -0.4 is 31.0 Å². The topological polar surface area (TPSA) is 152 Å². The molecule has 1 aliphatic carbocycles. The first-order valence-electron chi connectivity index (χ1n) is 13.3. The van der Waals surface area contributed by atoms with E-state index in [9.17, 15) is 24.6 Å². The first-order valence-corrected chi connectivity index (χ1v) is 13.3. The number of hydrogen-bond acceptors (Lipinski definition) is 7. The van der Waals surface area contributed by atoms with Crippen molar-refractivity contribution in [1.29, 1.82) is 0 Å². The third-order valence-corrected chi connectivity index (χ3v) is 7.04. The average Bonchev–Trinajstić information content (AvgIpc) is 2.94.